The fraction of sp³-hybridized carbons (Fsp3) is 0.133. The standard InChI is InChI=1S/C30H16F5N5.Pt/c1-29(2)22-11-6-10-21(37-22)19-14-18(25(31)27(36-3)26(19)32)16-8-4-5-9-17(16)20-15-40(39-28(20)30(33,34)35)24-13-7-12-23(29)38-24;/h4-13H,1-2H3;/q-2;+2. The molecule has 0 saturated heterocycles. The summed E-state index contributed by atoms with van der Waals surface area (Å²) in [5, 5.41) is 3.78. The molecule has 2 aromatic carbocycles. The van der Waals surface area contributed by atoms with Crippen molar-refractivity contribution in [3.05, 3.63) is 113 Å². The van der Waals surface area contributed by atoms with E-state index in [9.17, 15) is 13.2 Å². The molecule has 4 heterocycles. The van der Waals surface area contributed by atoms with E-state index in [1.165, 1.54) is 36.4 Å². The van der Waals surface area contributed by atoms with Crippen molar-refractivity contribution >= 4 is 5.69 Å². The molecule has 0 aliphatic carbocycles. The molecule has 8 bridgehead atoms. The first-order valence-corrected chi connectivity index (χ1v) is 12.0. The summed E-state index contributed by atoms with van der Waals surface area (Å²) in [7, 11) is 0. The minimum atomic E-state index is -4.90. The molecule has 41 heavy (non-hydrogen) atoms. The Labute approximate surface area is 245 Å². The number of nitrogens with zero attached hydrogens (tertiary/aromatic N) is 5. The molecular weight excluding hydrogens is 720 g/mol. The van der Waals surface area contributed by atoms with E-state index in [1.54, 1.807) is 38.1 Å². The number of hydrogen-bond acceptors (Lipinski definition) is 3. The van der Waals surface area contributed by atoms with Gasteiger partial charge in [-0.25, -0.2) is 9.94 Å². The normalized spacial score (nSPS) is 13.2. The monoisotopic (exact) mass is 736 g/mol. The molecule has 0 unspecified atom stereocenters. The average molecular weight is 737 g/mol. The predicted molar refractivity (Wildman–Crippen MR) is 136 cm³/mol. The van der Waals surface area contributed by atoms with Gasteiger partial charge in [-0.2, -0.15) is 13.2 Å². The van der Waals surface area contributed by atoms with E-state index < -0.39 is 40.2 Å². The molecule has 11 heteroatoms. The Morgan fingerprint density at radius 2 is 1.44 bits per heavy atom. The van der Waals surface area contributed by atoms with Crippen LogP contribution in [0, 0.1) is 30.5 Å². The fourth-order valence-corrected chi connectivity index (χ4v) is 4.72. The number of pyridine rings is 2. The number of fused-ring (bicyclic) bond motifs is 13. The maximum absolute atomic E-state index is 15.7. The Morgan fingerprint density at radius 1 is 0.829 bits per heavy atom. The van der Waals surface area contributed by atoms with Gasteiger partial charge in [0, 0.05) is 22.5 Å². The van der Waals surface area contributed by atoms with E-state index in [2.05, 4.69) is 32.2 Å². The molecule has 1 aliphatic heterocycles. The molecule has 0 amide bonds. The zero-order chi connectivity index (χ0) is 28.4. The van der Waals surface area contributed by atoms with Gasteiger partial charge in [0.15, 0.2) is 5.69 Å². The van der Waals surface area contributed by atoms with E-state index >= 15 is 8.78 Å². The number of halogens is 5. The number of hydrogen-bond donors (Lipinski definition) is 0. The van der Waals surface area contributed by atoms with Gasteiger partial charge in [-0.15, -0.1) is 28.8 Å². The van der Waals surface area contributed by atoms with Gasteiger partial charge in [0.2, 0.25) is 0 Å². The molecule has 1 aliphatic rings. The molecule has 5 nitrogen and oxygen atoms in total. The van der Waals surface area contributed by atoms with Crippen LogP contribution in [0.15, 0.2) is 60.7 Å². The quantitative estimate of drug-likeness (QED) is 0.121. The summed E-state index contributed by atoms with van der Waals surface area (Å²) in [6.45, 7) is 11.1. The first kappa shape index (κ1) is 28.3. The molecule has 3 aromatic heterocycles. The Balaban J connectivity index is 0.00000337. The van der Waals surface area contributed by atoms with E-state index in [0.29, 0.717) is 11.4 Å². The zero-order valence-electron chi connectivity index (χ0n) is 21.2. The summed E-state index contributed by atoms with van der Waals surface area (Å²) < 4.78 is 75.0. The van der Waals surface area contributed by atoms with Crippen molar-refractivity contribution in [2.24, 2.45) is 0 Å². The first-order chi connectivity index (χ1) is 19.0. The summed E-state index contributed by atoms with van der Waals surface area (Å²) in [5.74, 6) is -2.35. The van der Waals surface area contributed by atoms with Crippen molar-refractivity contribution in [1.29, 1.82) is 0 Å². The Kier molecular flexibility index (Phi) is 6.91. The molecule has 0 atom stereocenters. The van der Waals surface area contributed by atoms with Crippen molar-refractivity contribution in [2.75, 3.05) is 0 Å². The smallest absolute Gasteiger partial charge is 0.311 e. The zero-order valence-corrected chi connectivity index (χ0v) is 23.5. The summed E-state index contributed by atoms with van der Waals surface area (Å²) >= 11 is 0. The van der Waals surface area contributed by atoms with Crippen LogP contribution in [0.4, 0.5) is 27.6 Å². The third kappa shape index (κ3) is 4.54. The molecule has 0 saturated carbocycles. The van der Waals surface area contributed by atoms with Gasteiger partial charge in [0.1, 0.15) is 0 Å². The molecule has 6 rings (SSSR count). The van der Waals surface area contributed by atoms with Crippen LogP contribution in [0.5, 0.6) is 0 Å². The summed E-state index contributed by atoms with van der Waals surface area (Å²) in [4.78, 5) is 12.3. The minimum absolute atomic E-state index is 0. The number of benzene rings is 2. The van der Waals surface area contributed by atoms with Gasteiger partial charge in [0.25, 0.3) is 0 Å². The van der Waals surface area contributed by atoms with Gasteiger partial charge in [-0.1, -0.05) is 53.6 Å². The predicted octanol–water partition coefficient (Wildman–Crippen LogP) is 7.75. The minimum Gasteiger partial charge on any atom is -0.311 e. The summed E-state index contributed by atoms with van der Waals surface area (Å²) in [5.41, 5.74) is -3.38. The van der Waals surface area contributed by atoms with Gasteiger partial charge in [-0.05, 0) is 32.2 Å². The largest absolute Gasteiger partial charge is 2.00 e. The van der Waals surface area contributed by atoms with Crippen molar-refractivity contribution in [1.82, 2.24) is 19.7 Å². The van der Waals surface area contributed by atoms with E-state index in [1.807, 2.05) is 0 Å². The molecule has 5 aromatic rings. The van der Waals surface area contributed by atoms with E-state index in [0.717, 1.165) is 4.68 Å². The number of rotatable bonds is 0. The summed E-state index contributed by atoms with van der Waals surface area (Å²) in [6, 6.07) is 18.0. The average Bonchev–Trinajstić information content (AvgIpc) is 3.40. The van der Waals surface area contributed by atoms with Crippen LogP contribution in [-0.4, -0.2) is 19.7 Å². The molecule has 206 valence electrons. The second kappa shape index (κ2) is 10.0. The van der Waals surface area contributed by atoms with Crippen LogP contribution in [0.2, 0.25) is 0 Å². The Hall–Kier alpha value is -4.22. The van der Waals surface area contributed by atoms with E-state index in [4.69, 9.17) is 6.57 Å². The van der Waals surface area contributed by atoms with Gasteiger partial charge >= 0.3 is 27.2 Å². The maximum atomic E-state index is 15.7. The SMILES string of the molecule is [C-]#[N+]c1c(F)c2[c-]c(c1F)-c1ccccc1-c1[c-]n(nc1C(F)(F)F)-c1cccc(n1)C(C)(C)c1cccc-2n1.[Pt+2]. The van der Waals surface area contributed by atoms with Crippen LogP contribution < -0.4 is 0 Å². The molecule has 0 fully saturated rings. The van der Waals surface area contributed by atoms with Crippen LogP contribution in [0.25, 0.3) is 44.2 Å². The summed E-state index contributed by atoms with van der Waals surface area (Å²) in [6.07, 6.45) is -2.24. The van der Waals surface area contributed by atoms with Crippen molar-refractivity contribution in [2.45, 2.75) is 25.4 Å². The number of aromatic nitrogens is 4. The second-order valence-corrected chi connectivity index (χ2v) is 9.67. The molecule has 0 radical (unpaired) electrons. The molecule has 0 N–H and O–H groups in total. The molecular formula is C30H16F5N5Pt. The fourth-order valence-electron chi connectivity index (χ4n) is 4.72. The Bertz CT molecular complexity index is 1870. The van der Waals surface area contributed by atoms with E-state index in [-0.39, 0.29) is 54.8 Å². The van der Waals surface area contributed by atoms with Gasteiger partial charge in [0.05, 0.1) is 29.7 Å². The van der Waals surface area contributed by atoms with Crippen LogP contribution in [-0.2, 0) is 32.7 Å². The van der Waals surface area contributed by atoms with Crippen LogP contribution in [0.3, 0.4) is 0 Å². The van der Waals surface area contributed by atoms with Gasteiger partial charge < -0.3 is 4.68 Å². The third-order valence-electron chi connectivity index (χ3n) is 6.84. The Morgan fingerprint density at radius 3 is 2.10 bits per heavy atom. The first-order valence-electron chi connectivity index (χ1n) is 12.0. The third-order valence-corrected chi connectivity index (χ3v) is 6.84. The van der Waals surface area contributed by atoms with Crippen LogP contribution >= 0.6 is 0 Å². The van der Waals surface area contributed by atoms with Gasteiger partial charge in [-0.3, -0.25) is 18.7 Å². The van der Waals surface area contributed by atoms with Crippen molar-refractivity contribution < 1.29 is 43.0 Å². The maximum Gasteiger partial charge on any atom is 2.00 e. The molecule has 0 spiro atoms. The number of alkyl halides is 3. The second-order valence-electron chi connectivity index (χ2n) is 9.67. The van der Waals surface area contributed by atoms with Crippen molar-refractivity contribution in [3.63, 3.8) is 0 Å². The van der Waals surface area contributed by atoms with Crippen molar-refractivity contribution in [3.8, 4) is 39.3 Å². The topological polar surface area (TPSA) is 48.0 Å². The van der Waals surface area contributed by atoms with Crippen LogP contribution in [0.1, 0.15) is 30.9 Å².